The van der Waals surface area contributed by atoms with Crippen LogP contribution in [0.1, 0.15) is 18.7 Å². The third-order valence-electron chi connectivity index (χ3n) is 3.77. The SMILES string of the molecule is CCNC(=NCC(C)N1CCOCC1)NCCc1cccs1. The lowest BCUT2D eigenvalue weighted by Crippen LogP contribution is -2.44. The summed E-state index contributed by atoms with van der Waals surface area (Å²) in [6.07, 6.45) is 1.04. The van der Waals surface area contributed by atoms with Crippen molar-refractivity contribution in [3.8, 4) is 0 Å². The minimum absolute atomic E-state index is 0.455. The lowest BCUT2D eigenvalue weighted by atomic mass is 10.2. The smallest absolute Gasteiger partial charge is 0.191 e. The van der Waals surface area contributed by atoms with Crippen LogP contribution in [0.4, 0.5) is 0 Å². The van der Waals surface area contributed by atoms with Gasteiger partial charge >= 0.3 is 0 Å². The lowest BCUT2D eigenvalue weighted by Gasteiger charge is -2.31. The highest BCUT2D eigenvalue weighted by molar-refractivity contribution is 7.09. The number of morpholine rings is 1. The standard InChI is InChI=1S/C16H28N4OS/c1-3-17-16(18-7-6-15-5-4-12-22-15)19-13-14(2)20-8-10-21-11-9-20/h4-5,12,14H,3,6-11,13H2,1-2H3,(H2,17,18,19). The van der Waals surface area contributed by atoms with E-state index in [0.29, 0.717) is 6.04 Å². The van der Waals surface area contributed by atoms with Crippen LogP contribution >= 0.6 is 11.3 Å². The first kappa shape index (κ1) is 17.2. The summed E-state index contributed by atoms with van der Waals surface area (Å²) in [5.74, 6) is 0.916. The average Bonchev–Trinajstić information content (AvgIpc) is 3.06. The second-order valence-corrected chi connectivity index (χ2v) is 6.51. The fourth-order valence-electron chi connectivity index (χ4n) is 2.46. The Morgan fingerprint density at radius 3 is 2.91 bits per heavy atom. The van der Waals surface area contributed by atoms with Crippen molar-refractivity contribution in [2.24, 2.45) is 4.99 Å². The van der Waals surface area contributed by atoms with Crippen LogP contribution in [0.2, 0.25) is 0 Å². The Kier molecular flexibility index (Phi) is 7.70. The number of rotatable bonds is 7. The number of hydrogen-bond acceptors (Lipinski definition) is 4. The van der Waals surface area contributed by atoms with E-state index in [2.05, 4.69) is 46.9 Å². The molecule has 22 heavy (non-hydrogen) atoms. The molecule has 2 N–H and O–H groups in total. The van der Waals surface area contributed by atoms with Gasteiger partial charge < -0.3 is 15.4 Å². The van der Waals surface area contributed by atoms with Crippen LogP contribution in [0.15, 0.2) is 22.5 Å². The van der Waals surface area contributed by atoms with Crippen LogP contribution in [-0.2, 0) is 11.2 Å². The van der Waals surface area contributed by atoms with Gasteiger partial charge in [-0.2, -0.15) is 0 Å². The molecule has 1 fully saturated rings. The van der Waals surface area contributed by atoms with Gasteiger partial charge in [-0.1, -0.05) is 6.07 Å². The second kappa shape index (κ2) is 9.82. The first-order valence-electron chi connectivity index (χ1n) is 8.16. The summed E-state index contributed by atoms with van der Waals surface area (Å²) in [5, 5.41) is 8.86. The minimum Gasteiger partial charge on any atom is -0.379 e. The molecule has 0 bridgehead atoms. The summed E-state index contributed by atoms with van der Waals surface area (Å²) in [6.45, 7) is 10.7. The maximum Gasteiger partial charge on any atom is 0.191 e. The van der Waals surface area contributed by atoms with Crippen LogP contribution in [0.3, 0.4) is 0 Å². The third-order valence-corrected chi connectivity index (χ3v) is 4.71. The molecule has 0 amide bonds. The maximum atomic E-state index is 5.40. The van der Waals surface area contributed by atoms with Gasteiger partial charge in [-0.25, -0.2) is 0 Å². The van der Waals surface area contributed by atoms with Crippen molar-refractivity contribution < 1.29 is 4.74 Å². The van der Waals surface area contributed by atoms with E-state index in [4.69, 9.17) is 9.73 Å². The number of ether oxygens (including phenoxy) is 1. The van der Waals surface area contributed by atoms with Crippen molar-refractivity contribution in [3.05, 3.63) is 22.4 Å². The molecule has 2 rings (SSSR count). The molecule has 1 unspecified atom stereocenters. The van der Waals surface area contributed by atoms with Crippen molar-refractivity contribution in [2.75, 3.05) is 45.9 Å². The van der Waals surface area contributed by atoms with Gasteiger partial charge in [-0.05, 0) is 31.7 Å². The first-order chi connectivity index (χ1) is 10.8. The van der Waals surface area contributed by atoms with Crippen molar-refractivity contribution in [3.63, 3.8) is 0 Å². The van der Waals surface area contributed by atoms with Crippen molar-refractivity contribution in [1.82, 2.24) is 15.5 Å². The Hall–Kier alpha value is -1.11. The Balaban J connectivity index is 1.75. The molecular formula is C16H28N4OS. The van der Waals surface area contributed by atoms with Gasteiger partial charge in [-0.3, -0.25) is 9.89 Å². The fourth-order valence-corrected chi connectivity index (χ4v) is 3.17. The van der Waals surface area contributed by atoms with Crippen LogP contribution in [-0.4, -0.2) is 62.8 Å². The zero-order chi connectivity index (χ0) is 15.6. The van der Waals surface area contributed by atoms with E-state index in [9.17, 15) is 0 Å². The van der Waals surface area contributed by atoms with Gasteiger partial charge in [-0.15, -0.1) is 11.3 Å². The molecule has 0 aliphatic carbocycles. The summed E-state index contributed by atoms with van der Waals surface area (Å²) in [5.41, 5.74) is 0. The molecule has 1 aromatic heterocycles. The van der Waals surface area contributed by atoms with E-state index in [1.807, 2.05) is 0 Å². The molecule has 6 heteroatoms. The van der Waals surface area contributed by atoms with Crippen molar-refractivity contribution >= 4 is 17.3 Å². The van der Waals surface area contributed by atoms with E-state index < -0.39 is 0 Å². The molecule has 1 aromatic rings. The Morgan fingerprint density at radius 1 is 1.41 bits per heavy atom. The third kappa shape index (κ3) is 5.94. The predicted molar refractivity (Wildman–Crippen MR) is 93.9 cm³/mol. The van der Waals surface area contributed by atoms with E-state index in [0.717, 1.165) is 58.3 Å². The lowest BCUT2D eigenvalue weighted by molar-refractivity contribution is 0.0220. The zero-order valence-electron chi connectivity index (χ0n) is 13.7. The van der Waals surface area contributed by atoms with Crippen LogP contribution in [0.25, 0.3) is 0 Å². The average molecular weight is 324 g/mol. The summed E-state index contributed by atoms with van der Waals surface area (Å²) < 4.78 is 5.40. The molecule has 0 radical (unpaired) electrons. The predicted octanol–water partition coefficient (Wildman–Crippen LogP) is 1.57. The molecule has 1 atom stereocenters. The van der Waals surface area contributed by atoms with E-state index in [-0.39, 0.29) is 0 Å². The van der Waals surface area contributed by atoms with Crippen LogP contribution < -0.4 is 10.6 Å². The van der Waals surface area contributed by atoms with E-state index in [1.165, 1.54) is 4.88 Å². The first-order valence-corrected chi connectivity index (χ1v) is 9.04. The summed E-state index contributed by atoms with van der Waals surface area (Å²) in [4.78, 5) is 8.58. The highest BCUT2D eigenvalue weighted by atomic mass is 32.1. The molecule has 1 aliphatic rings. The molecule has 0 aromatic carbocycles. The van der Waals surface area contributed by atoms with Crippen LogP contribution in [0.5, 0.6) is 0 Å². The Bertz CT molecular complexity index is 429. The monoisotopic (exact) mass is 324 g/mol. The summed E-state index contributed by atoms with van der Waals surface area (Å²) in [6, 6.07) is 4.73. The Labute approximate surface area is 137 Å². The normalized spacial score (nSPS) is 18.2. The molecule has 5 nitrogen and oxygen atoms in total. The molecule has 0 spiro atoms. The zero-order valence-corrected chi connectivity index (χ0v) is 14.5. The number of nitrogens with one attached hydrogen (secondary N) is 2. The molecular weight excluding hydrogens is 296 g/mol. The van der Waals surface area contributed by atoms with E-state index >= 15 is 0 Å². The van der Waals surface area contributed by atoms with Gasteiger partial charge in [0, 0.05) is 37.1 Å². The molecule has 1 aliphatic heterocycles. The van der Waals surface area contributed by atoms with E-state index in [1.54, 1.807) is 11.3 Å². The molecule has 124 valence electrons. The Morgan fingerprint density at radius 2 is 2.23 bits per heavy atom. The van der Waals surface area contributed by atoms with Gasteiger partial charge in [0.2, 0.25) is 0 Å². The molecule has 0 saturated carbocycles. The van der Waals surface area contributed by atoms with Gasteiger partial charge in [0.05, 0.1) is 19.8 Å². The molecule has 1 saturated heterocycles. The summed E-state index contributed by atoms with van der Waals surface area (Å²) >= 11 is 1.81. The second-order valence-electron chi connectivity index (χ2n) is 5.47. The quantitative estimate of drug-likeness (QED) is 0.590. The van der Waals surface area contributed by atoms with Crippen LogP contribution in [0, 0.1) is 0 Å². The topological polar surface area (TPSA) is 48.9 Å². The number of guanidine groups is 1. The highest BCUT2D eigenvalue weighted by Crippen LogP contribution is 2.08. The maximum absolute atomic E-state index is 5.40. The number of thiophene rings is 1. The van der Waals surface area contributed by atoms with Crippen molar-refractivity contribution in [1.29, 1.82) is 0 Å². The van der Waals surface area contributed by atoms with Crippen molar-refractivity contribution in [2.45, 2.75) is 26.3 Å². The largest absolute Gasteiger partial charge is 0.379 e. The number of nitrogens with zero attached hydrogens (tertiary/aromatic N) is 2. The minimum atomic E-state index is 0.455. The highest BCUT2D eigenvalue weighted by Gasteiger charge is 2.16. The van der Waals surface area contributed by atoms with Gasteiger partial charge in [0.25, 0.3) is 0 Å². The molecule has 2 heterocycles. The van der Waals surface area contributed by atoms with Gasteiger partial charge in [0.15, 0.2) is 5.96 Å². The fraction of sp³-hybridized carbons (Fsp3) is 0.688. The van der Waals surface area contributed by atoms with Gasteiger partial charge in [0.1, 0.15) is 0 Å². The number of hydrogen-bond donors (Lipinski definition) is 2. The summed E-state index contributed by atoms with van der Waals surface area (Å²) in [7, 11) is 0. The number of aliphatic imine (C=N–C) groups is 1.